The van der Waals surface area contributed by atoms with Crippen LogP contribution in [-0.2, 0) is 5.41 Å². The van der Waals surface area contributed by atoms with E-state index in [1.807, 2.05) is 36.4 Å². The van der Waals surface area contributed by atoms with Crippen molar-refractivity contribution in [2.75, 3.05) is 6.67 Å². The van der Waals surface area contributed by atoms with Crippen LogP contribution in [0.5, 0.6) is 11.5 Å². The van der Waals surface area contributed by atoms with Gasteiger partial charge in [0.25, 0.3) is 0 Å². The normalized spacial score (nSPS) is 20.6. The molecule has 2 aliphatic rings. The second-order valence-electron chi connectivity index (χ2n) is 8.83. The Balaban J connectivity index is 1.57. The summed E-state index contributed by atoms with van der Waals surface area (Å²) < 4.78 is 20.9. The highest BCUT2D eigenvalue weighted by Gasteiger charge is 2.42. The zero-order valence-electron chi connectivity index (χ0n) is 17.7. The van der Waals surface area contributed by atoms with Gasteiger partial charge in [0.2, 0.25) is 0 Å². The molecule has 0 N–H and O–H groups in total. The summed E-state index contributed by atoms with van der Waals surface area (Å²) in [4.78, 5) is 0. The summed E-state index contributed by atoms with van der Waals surface area (Å²) in [6.45, 7) is 1.73. The molecular formula is C28H29FO. The average Bonchev–Trinajstić information content (AvgIpc) is 3.09. The monoisotopic (exact) mass is 400 g/mol. The first kappa shape index (κ1) is 19.4. The van der Waals surface area contributed by atoms with E-state index in [1.165, 1.54) is 48.8 Å². The summed E-state index contributed by atoms with van der Waals surface area (Å²) >= 11 is 0. The third-order valence-electron chi connectivity index (χ3n) is 7.24. The molecule has 30 heavy (non-hydrogen) atoms. The van der Waals surface area contributed by atoms with Crippen molar-refractivity contribution in [2.45, 2.75) is 56.8 Å². The molecule has 2 aliphatic carbocycles. The molecule has 0 spiro atoms. The predicted molar refractivity (Wildman–Crippen MR) is 121 cm³/mol. The zero-order chi connectivity index (χ0) is 20.6. The lowest BCUT2D eigenvalue weighted by molar-refractivity contribution is 0.346. The maximum Gasteiger partial charge on any atom is 0.127 e. The van der Waals surface area contributed by atoms with Gasteiger partial charge in [-0.25, -0.2) is 4.39 Å². The van der Waals surface area contributed by atoms with Gasteiger partial charge in [-0.15, -0.1) is 0 Å². The van der Waals surface area contributed by atoms with E-state index in [2.05, 4.69) is 37.3 Å². The number of ether oxygens (including phenoxy) is 1. The molecule has 5 rings (SSSR count). The molecule has 154 valence electrons. The molecule has 0 aliphatic heterocycles. The molecule has 0 amide bonds. The summed E-state index contributed by atoms with van der Waals surface area (Å²) in [5, 5.41) is 0. The van der Waals surface area contributed by atoms with Crippen molar-refractivity contribution in [1.82, 2.24) is 0 Å². The maximum absolute atomic E-state index is 14.8. The van der Waals surface area contributed by atoms with E-state index in [0.717, 1.165) is 29.0 Å². The van der Waals surface area contributed by atoms with E-state index in [4.69, 9.17) is 4.74 Å². The molecule has 1 fully saturated rings. The van der Waals surface area contributed by atoms with Crippen molar-refractivity contribution in [1.29, 1.82) is 0 Å². The third-order valence-corrected chi connectivity index (χ3v) is 7.24. The first-order valence-electron chi connectivity index (χ1n) is 11.3. The van der Waals surface area contributed by atoms with E-state index >= 15 is 0 Å². The Hall–Kier alpha value is -2.61. The van der Waals surface area contributed by atoms with E-state index in [0.29, 0.717) is 5.92 Å². The van der Waals surface area contributed by atoms with E-state index in [9.17, 15) is 4.39 Å². The van der Waals surface area contributed by atoms with Crippen molar-refractivity contribution in [3.63, 3.8) is 0 Å². The van der Waals surface area contributed by atoms with E-state index < -0.39 is 5.41 Å². The molecule has 3 aromatic carbocycles. The molecule has 0 aromatic heterocycles. The zero-order valence-corrected chi connectivity index (χ0v) is 17.7. The first-order chi connectivity index (χ1) is 14.7. The van der Waals surface area contributed by atoms with Crippen molar-refractivity contribution in [3.05, 3.63) is 83.4 Å². The van der Waals surface area contributed by atoms with Crippen LogP contribution in [0.25, 0.3) is 11.1 Å². The van der Waals surface area contributed by atoms with E-state index in [-0.39, 0.29) is 6.67 Å². The van der Waals surface area contributed by atoms with Gasteiger partial charge in [-0.3, -0.25) is 0 Å². The summed E-state index contributed by atoms with van der Waals surface area (Å²) in [5.41, 5.74) is 5.40. The van der Waals surface area contributed by atoms with Gasteiger partial charge < -0.3 is 4.74 Å². The fraction of sp³-hybridized carbons (Fsp3) is 0.357. The molecule has 1 atom stereocenters. The van der Waals surface area contributed by atoms with Crippen LogP contribution in [-0.4, -0.2) is 6.67 Å². The summed E-state index contributed by atoms with van der Waals surface area (Å²) in [5.74, 6) is 2.19. The third kappa shape index (κ3) is 3.14. The van der Waals surface area contributed by atoms with Crippen molar-refractivity contribution in [2.24, 2.45) is 0 Å². The second-order valence-corrected chi connectivity index (χ2v) is 8.83. The van der Waals surface area contributed by atoms with Gasteiger partial charge in [0, 0.05) is 5.41 Å². The fourth-order valence-corrected chi connectivity index (χ4v) is 5.49. The van der Waals surface area contributed by atoms with Gasteiger partial charge in [0.15, 0.2) is 0 Å². The van der Waals surface area contributed by atoms with Crippen LogP contribution < -0.4 is 4.74 Å². The standard InChI is InChI=1S/C28H29FO/c1-2-28(19-29)26-17-21(20-9-5-3-6-10-20)13-15-24(26)25-16-14-23(18-27(25)28)30-22-11-7-4-8-12-22/h4,7-8,11-18,20H,2-3,5-6,9-10,19H2,1H3. The minimum atomic E-state index is -0.578. The van der Waals surface area contributed by atoms with Gasteiger partial charge >= 0.3 is 0 Å². The number of hydrogen-bond donors (Lipinski definition) is 0. The van der Waals surface area contributed by atoms with Gasteiger partial charge in [0.1, 0.15) is 18.2 Å². The quantitative estimate of drug-likeness (QED) is 0.419. The van der Waals surface area contributed by atoms with Gasteiger partial charge in [-0.2, -0.15) is 0 Å². The molecule has 0 radical (unpaired) electrons. The SMILES string of the molecule is CCC1(CF)c2cc(Oc3ccccc3)ccc2-c2ccc(C3CCCCC3)cc21. The molecule has 2 heteroatoms. The number of benzene rings is 3. The van der Waals surface area contributed by atoms with Crippen molar-refractivity contribution >= 4 is 0 Å². The number of halogens is 1. The maximum atomic E-state index is 14.8. The van der Waals surface area contributed by atoms with Crippen LogP contribution in [0.3, 0.4) is 0 Å². The van der Waals surface area contributed by atoms with Crippen LogP contribution >= 0.6 is 0 Å². The lowest BCUT2D eigenvalue weighted by Gasteiger charge is -2.29. The Morgan fingerprint density at radius 2 is 1.53 bits per heavy atom. The Morgan fingerprint density at radius 3 is 2.23 bits per heavy atom. The number of hydrogen-bond acceptors (Lipinski definition) is 1. The Kier molecular flexibility index (Phi) is 5.10. The lowest BCUT2D eigenvalue weighted by atomic mass is 9.75. The molecule has 0 saturated heterocycles. The first-order valence-corrected chi connectivity index (χ1v) is 11.3. The molecule has 1 nitrogen and oxygen atoms in total. The van der Waals surface area contributed by atoms with Gasteiger partial charge in [-0.1, -0.05) is 68.7 Å². The minimum Gasteiger partial charge on any atom is -0.457 e. The smallest absolute Gasteiger partial charge is 0.127 e. The highest BCUT2D eigenvalue weighted by Crippen LogP contribution is 2.53. The van der Waals surface area contributed by atoms with Crippen molar-refractivity contribution < 1.29 is 9.13 Å². The highest BCUT2D eigenvalue weighted by atomic mass is 19.1. The molecule has 1 unspecified atom stereocenters. The van der Waals surface area contributed by atoms with Crippen LogP contribution in [0.15, 0.2) is 66.7 Å². The fourth-order valence-electron chi connectivity index (χ4n) is 5.49. The molecule has 3 aromatic rings. The van der Waals surface area contributed by atoms with Crippen LogP contribution in [0.2, 0.25) is 0 Å². The largest absolute Gasteiger partial charge is 0.457 e. The number of alkyl halides is 1. The van der Waals surface area contributed by atoms with Gasteiger partial charge in [-0.05, 0) is 77.3 Å². The molecule has 1 saturated carbocycles. The number of fused-ring (bicyclic) bond motifs is 3. The molecule has 0 heterocycles. The van der Waals surface area contributed by atoms with Crippen molar-refractivity contribution in [3.8, 4) is 22.6 Å². The summed E-state index contributed by atoms with van der Waals surface area (Å²) in [7, 11) is 0. The predicted octanol–water partition coefficient (Wildman–Crippen LogP) is 8.17. The second kappa shape index (κ2) is 7.91. The van der Waals surface area contributed by atoms with Gasteiger partial charge in [0.05, 0.1) is 0 Å². The minimum absolute atomic E-state index is 0.383. The highest BCUT2D eigenvalue weighted by molar-refractivity contribution is 5.82. The topological polar surface area (TPSA) is 9.23 Å². The average molecular weight is 401 g/mol. The van der Waals surface area contributed by atoms with Crippen LogP contribution in [0.1, 0.15) is 68.1 Å². The van der Waals surface area contributed by atoms with Crippen LogP contribution in [0.4, 0.5) is 4.39 Å². The van der Waals surface area contributed by atoms with Crippen LogP contribution in [0, 0.1) is 0 Å². The number of rotatable bonds is 5. The molecule has 0 bridgehead atoms. The Bertz CT molecular complexity index is 1030. The Labute approximate surface area is 178 Å². The summed E-state index contributed by atoms with van der Waals surface area (Å²) in [6.07, 6.45) is 7.23. The van der Waals surface area contributed by atoms with E-state index in [1.54, 1.807) is 0 Å². The number of para-hydroxylation sites is 1. The Morgan fingerprint density at radius 1 is 0.833 bits per heavy atom. The summed E-state index contributed by atoms with van der Waals surface area (Å²) in [6, 6.07) is 22.8. The lowest BCUT2D eigenvalue weighted by Crippen LogP contribution is -2.27. The molecular weight excluding hydrogens is 371 g/mol.